The topological polar surface area (TPSA) is 12.9 Å². The van der Waals surface area contributed by atoms with Gasteiger partial charge in [0.15, 0.2) is 0 Å². The molecule has 22 heavy (non-hydrogen) atoms. The zero-order valence-corrected chi connectivity index (χ0v) is 11.7. The van der Waals surface area contributed by atoms with Crippen molar-refractivity contribution in [2.45, 2.75) is 6.18 Å². The summed E-state index contributed by atoms with van der Waals surface area (Å²) in [4.78, 5) is 4.12. The van der Waals surface area contributed by atoms with Crippen molar-refractivity contribution in [2.24, 2.45) is 0 Å². The fourth-order valence-corrected chi connectivity index (χ4v) is 2.43. The fraction of sp³-hybridized carbons (Fsp3) is 0.0625. The third kappa shape index (κ3) is 2.76. The van der Waals surface area contributed by atoms with Crippen molar-refractivity contribution in [3.05, 3.63) is 65.1 Å². The molecule has 0 spiro atoms. The van der Waals surface area contributed by atoms with Crippen molar-refractivity contribution in [3.63, 3.8) is 0 Å². The van der Waals surface area contributed by atoms with E-state index in [9.17, 15) is 17.6 Å². The SMILES string of the molecule is Fc1ccc2cc(Cl)nc(-c3ccc(C(F)(F)F)cc3)c2c1. The molecule has 0 fully saturated rings. The summed E-state index contributed by atoms with van der Waals surface area (Å²) in [5, 5.41) is 1.34. The van der Waals surface area contributed by atoms with Crippen LogP contribution in [0.3, 0.4) is 0 Å². The number of nitrogens with zero attached hydrogens (tertiary/aromatic N) is 1. The standard InChI is InChI=1S/C16H8ClF4N/c17-14-7-10-3-6-12(18)8-13(10)15(22-14)9-1-4-11(5-2-9)16(19,20)21/h1-8H. The third-order valence-electron chi connectivity index (χ3n) is 3.25. The summed E-state index contributed by atoms with van der Waals surface area (Å²) in [7, 11) is 0. The van der Waals surface area contributed by atoms with E-state index >= 15 is 0 Å². The highest BCUT2D eigenvalue weighted by Crippen LogP contribution is 2.33. The average molecular weight is 326 g/mol. The van der Waals surface area contributed by atoms with Crippen LogP contribution in [0.1, 0.15) is 5.56 Å². The number of aromatic nitrogens is 1. The minimum Gasteiger partial charge on any atom is -0.235 e. The van der Waals surface area contributed by atoms with Gasteiger partial charge in [-0.25, -0.2) is 9.37 Å². The second-order valence-electron chi connectivity index (χ2n) is 4.73. The van der Waals surface area contributed by atoms with Gasteiger partial charge in [0.1, 0.15) is 11.0 Å². The number of fused-ring (bicyclic) bond motifs is 1. The van der Waals surface area contributed by atoms with Crippen LogP contribution in [0.5, 0.6) is 0 Å². The van der Waals surface area contributed by atoms with Gasteiger partial charge in [0, 0.05) is 10.9 Å². The molecule has 2 aromatic carbocycles. The number of hydrogen-bond acceptors (Lipinski definition) is 1. The molecule has 0 N–H and O–H groups in total. The van der Waals surface area contributed by atoms with E-state index in [2.05, 4.69) is 4.98 Å². The molecule has 3 aromatic rings. The highest BCUT2D eigenvalue weighted by Gasteiger charge is 2.30. The van der Waals surface area contributed by atoms with Crippen molar-refractivity contribution in [1.82, 2.24) is 4.98 Å². The van der Waals surface area contributed by atoms with Crippen molar-refractivity contribution in [3.8, 4) is 11.3 Å². The van der Waals surface area contributed by atoms with Crippen LogP contribution in [-0.2, 0) is 6.18 Å². The molecule has 0 amide bonds. The molecule has 0 saturated carbocycles. The molecule has 1 heterocycles. The highest BCUT2D eigenvalue weighted by molar-refractivity contribution is 6.30. The first-order valence-electron chi connectivity index (χ1n) is 6.28. The second-order valence-corrected chi connectivity index (χ2v) is 5.12. The zero-order chi connectivity index (χ0) is 15.9. The normalized spacial score (nSPS) is 11.9. The molecular formula is C16H8ClF4N. The maximum atomic E-state index is 13.4. The van der Waals surface area contributed by atoms with Gasteiger partial charge in [-0.3, -0.25) is 0 Å². The van der Waals surface area contributed by atoms with E-state index in [-0.39, 0.29) is 5.15 Å². The quantitative estimate of drug-likeness (QED) is 0.412. The summed E-state index contributed by atoms with van der Waals surface area (Å²) in [5.74, 6) is -0.454. The van der Waals surface area contributed by atoms with Crippen LogP contribution in [0.25, 0.3) is 22.0 Å². The van der Waals surface area contributed by atoms with E-state index in [1.165, 1.54) is 24.3 Å². The van der Waals surface area contributed by atoms with Gasteiger partial charge in [-0.05, 0) is 35.7 Å². The molecule has 1 nitrogen and oxygen atoms in total. The van der Waals surface area contributed by atoms with E-state index in [1.807, 2.05) is 0 Å². The van der Waals surface area contributed by atoms with Gasteiger partial charge < -0.3 is 0 Å². The van der Waals surface area contributed by atoms with Crippen LogP contribution in [0.4, 0.5) is 17.6 Å². The lowest BCUT2D eigenvalue weighted by Gasteiger charge is -2.10. The Hall–Kier alpha value is -2.14. The highest BCUT2D eigenvalue weighted by atomic mass is 35.5. The minimum absolute atomic E-state index is 0.189. The van der Waals surface area contributed by atoms with Gasteiger partial charge in [0.25, 0.3) is 0 Å². The summed E-state index contributed by atoms with van der Waals surface area (Å²) in [5.41, 5.74) is 0.0237. The van der Waals surface area contributed by atoms with Crippen molar-refractivity contribution < 1.29 is 17.6 Å². The first-order chi connectivity index (χ1) is 10.3. The van der Waals surface area contributed by atoms with Crippen LogP contribution < -0.4 is 0 Å². The molecule has 112 valence electrons. The Kier molecular flexibility index (Phi) is 3.53. The Morgan fingerprint density at radius 3 is 2.23 bits per heavy atom. The van der Waals surface area contributed by atoms with E-state index in [4.69, 9.17) is 11.6 Å². The maximum Gasteiger partial charge on any atom is 0.416 e. The molecule has 6 heteroatoms. The number of halogens is 5. The van der Waals surface area contributed by atoms with Gasteiger partial charge in [-0.2, -0.15) is 13.2 Å². The van der Waals surface area contributed by atoms with Crippen LogP contribution in [0.15, 0.2) is 48.5 Å². The number of alkyl halides is 3. The Balaban J connectivity index is 2.19. The lowest BCUT2D eigenvalue weighted by molar-refractivity contribution is -0.137. The van der Waals surface area contributed by atoms with Gasteiger partial charge >= 0.3 is 6.18 Å². The van der Waals surface area contributed by atoms with Crippen molar-refractivity contribution in [2.75, 3.05) is 0 Å². The molecule has 0 bridgehead atoms. The van der Waals surface area contributed by atoms with Crippen molar-refractivity contribution in [1.29, 1.82) is 0 Å². The number of benzene rings is 2. The lowest BCUT2D eigenvalue weighted by atomic mass is 10.0. The summed E-state index contributed by atoms with van der Waals surface area (Å²) in [6.07, 6.45) is -4.41. The maximum absolute atomic E-state index is 13.4. The van der Waals surface area contributed by atoms with Crippen LogP contribution in [-0.4, -0.2) is 4.98 Å². The molecule has 0 aliphatic carbocycles. The lowest BCUT2D eigenvalue weighted by Crippen LogP contribution is -2.04. The third-order valence-corrected chi connectivity index (χ3v) is 3.44. The predicted octanol–water partition coefficient (Wildman–Crippen LogP) is 5.71. The summed E-state index contributed by atoms with van der Waals surface area (Å²) in [6, 6.07) is 10.2. The predicted molar refractivity (Wildman–Crippen MR) is 77.1 cm³/mol. The molecule has 3 rings (SSSR count). The van der Waals surface area contributed by atoms with Crippen LogP contribution in [0.2, 0.25) is 5.15 Å². The monoisotopic (exact) mass is 325 g/mol. The molecule has 0 atom stereocenters. The molecular weight excluding hydrogens is 318 g/mol. The van der Waals surface area contributed by atoms with E-state index < -0.39 is 17.6 Å². The summed E-state index contributed by atoms with van der Waals surface area (Å²) < 4.78 is 51.3. The smallest absolute Gasteiger partial charge is 0.235 e. The zero-order valence-electron chi connectivity index (χ0n) is 11.0. The number of rotatable bonds is 1. The van der Waals surface area contributed by atoms with Gasteiger partial charge in [-0.1, -0.05) is 29.8 Å². The van der Waals surface area contributed by atoms with Crippen LogP contribution >= 0.6 is 11.6 Å². The fourth-order valence-electron chi connectivity index (χ4n) is 2.22. The first-order valence-corrected chi connectivity index (χ1v) is 6.66. The summed E-state index contributed by atoms with van der Waals surface area (Å²) in [6.45, 7) is 0. The summed E-state index contributed by atoms with van der Waals surface area (Å²) >= 11 is 5.93. The van der Waals surface area contributed by atoms with Gasteiger partial charge in [0.05, 0.1) is 11.3 Å². The van der Waals surface area contributed by atoms with Crippen LogP contribution in [0, 0.1) is 5.82 Å². The molecule has 0 saturated heterocycles. The first kappa shape index (κ1) is 14.8. The van der Waals surface area contributed by atoms with Gasteiger partial charge in [0.2, 0.25) is 0 Å². The Morgan fingerprint density at radius 1 is 0.909 bits per heavy atom. The molecule has 0 aliphatic rings. The largest absolute Gasteiger partial charge is 0.416 e. The van der Waals surface area contributed by atoms with Crippen molar-refractivity contribution >= 4 is 22.4 Å². The Morgan fingerprint density at radius 2 is 1.59 bits per heavy atom. The van der Waals surface area contributed by atoms with Gasteiger partial charge in [-0.15, -0.1) is 0 Å². The molecule has 1 aromatic heterocycles. The second kappa shape index (κ2) is 5.25. The Bertz CT molecular complexity index is 841. The number of hydrogen-bond donors (Lipinski definition) is 0. The van der Waals surface area contributed by atoms with E-state index in [0.29, 0.717) is 22.0 Å². The molecule has 0 aliphatic heterocycles. The van der Waals surface area contributed by atoms with E-state index in [0.717, 1.165) is 12.1 Å². The Labute approximate surface area is 128 Å². The number of pyridine rings is 1. The average Bonchev–Trinajstić information content (AvgIpc) is 2.46. The molecule has 0 radical (unpaired) electrons. The van der Waals surface area contributed by atoms with E-state index in [1.54, 1.807) is 12.1 Å². The molecule has 0 unspecified atom stereocenters. The minimum atomic E-state index is -4.41.